The minimum absolute atomic E-state index is 0.0501. The van der Waals surface area contributed by atoms with Crippen LogP contribution in [0, 0.1) is 5.92 Å². The molecule has 0 heterocycles. The summed E-state index contributed by atoms with van der Waals surface area (Å²) in [6.45, 7) is 1.40. The molecule has 0 spiro atoms. The van der Waals surface area contributed by atoms with E-state index in [1.165, 1.54) is 19.1 Å². The largest absolute Gasteiger partial charge is 0.449 e. The fourth-order valence-corrected chi connectivity index (χ4v) is 3.28. The molecule has 1 aromatic rings. The summed E-state index contributed by atoms with van der Waals surface area (Å²) in [4.78, 5) is 48.3. The molecule has 2 saturated carbocycles. The lowest BCUT2D eigenvalue weighted by Gasteiger charge is -2.23. The molecule has 2 aliphatic carbocycles. The molecule has 4 amide bonds. The number of imide groups is 1. The van der Waals surface area contributed by atoms with Gasteiger partial charge < -0.3 is 15.4 Å². The van der Waals surface area contributed by atoms with E-state index in [4.69, 9.17) is 4.74 Å². The number of esters is 1. The fraction of sp³-hybridized carbons (Fsp3) is 0.524. The Labute approximate surface area is 169 Å². The summed E-state index contributed by atoms with van der Waals surface area (Å²) in [6, 6.07) is 5.85. The van der Waals surface area contributed by atoms with Gasteiger partial charge in [0, 0.05) is 17.6 Å². The second-order valence-corrected chi connectivity index (χ2v) is 7.69. The minimum Gasteiger partial charge on any atom is -0.449 e. The van der Waals surface area contributed by atoms with Crippen LogP contribution < -0.4 is 16.0 Å². The zero-order chi connectivity index (χ0) is 20.8. The second kappa shape index (κ2) is 9.54. The molecular formula is C21H27N3O5. The Balaban J connectivity index is 1.48. The predicted molar refractivity (Wildman–Crippen MR) is 106 cm³/mol. The van der Waals surface area contributed by atoms with Crippen LogP contribution in [0.4, 0.5) is 10.5 Å². The molecule has 1 atom stereocenters. The van der Waals surface area contributed by atoms with E-state index >= 15 is 0 Å². The molecule has 8 heteroatoms. The van der Waals surface area contributed by atoms with Crippen LogP contribution in [0.5, 0.6) is 0 Å². The average Bonchev–Trinajstić information content (AvgIpc) is 3.54. The predicted octanol–water partition coefficient (Wildman–Crippen LogP) is 2.74. The lowest BCUT2D eigenvalue weighted by molar-refractivity contribution is -0.128. The van der Waals surface area contributed by atoms with Gasteiger partial charge in [0.1, 0.15) is 0 Å². The first-order chi connectivity index (χ1) is 13.9. The number of ether oxygens (including phenoxy) is 1. The third-order valence-corrected chi connectivity index (χ3v) is 5.14. The summed E-state index contributed by atoms with van der Waals surface area (Å²) in [5.74, 6) is -1.41. The van der Waals surface area contributed by atoms with E-state index in [0.717, 1.165) is 44.9 Å². The Kier molecular flexibility index (Phi) is 6.85. The van der Waals surface area contributed by atoms with Crippen molar-refractivity contribution in [1.29, 1.82) is 0 Å². The molecule has 1 unspecified atom stereocenters. The maximum Gasteiger partial charge on any atom is 0.338 e. The van der Waals surface area contributed by atoms with Crippen molar-refractivity contribution in [3.05, 3.63) is 29.8 Å². The number of carbonyl (C=O) groups excluding carboxylic acids is 4. The van der Waals surface area contributed by atoms with E-state index < -0.39 is 24.0 Å². The van der Waals surface area contributed by atoms with Gasteiger partial charge in [0.05, 0.1) is 5.56 Å². The molecule has 0 saturated heterocycles. The van der Waals surface area contributed by atoms with Crippen molar-refractivity contribution in [2.24, 2.45) is 5.92 Å². The van der Waals surface area contributed by atoms with Gasteiger partial charge in [-0.15, -0.1) is 0 Å². The van der Waals surface area contributed by atoms with Gasteiger partial charge in [0.25, 0.3) is 5.91 Å². The van der Waals surface area contributed by atoms with Crippen LogP contribution in [-0.4, -0.2) is 36.0 Å². The lowest BCUT2D eigenvalue weighted by Crippen LogP contribution is -2.48. The summed E-state index contributed by atoms with van der Waals surface area (Å²) in [5.41, 5.74) is 0.713. The summed E-state index contributed by atoms with van der Waals surface area (Å²) in [7, 11) is 0. The van der Waals surface area contributed by atoms with Gasteiger partial charge in [-0.1, -0.05) is 25.3 Å². The summed E-state index contributed by atoms with van der Waals surface area (Å²) < 4.78 is 5.17. The second-order valence-electron chi connectivity index (χ2n) is 7.69. The van der Waals surface area contributed by atoms with Crippen LogP contribution in [0.3, 0.4) is 0 Å². The van der Waals surface area contributed by atoms with Crippen LogP contribution >= 0.6 is 0 Å². The van der Waals surface area contributed by atoms with Crippen LogP contribution in [-0.2, 0) is 14.3 Å². The van der Waals surface area contributed by atoms with Crippen LogP contribution in [0.15, 0.2) is 24.3 Å². The maximum absolute atomic E-state index is 12.3. The fourth-order valence-electron chi connectivity index (χ4n) is 3.28. The van der Waals surface area contributed by atoms with Gasteiger partial charge in [-0.25, -0.2) is 9.59 Å². The summed E-state index contributed by atoms with van der Waals surface area (Å²) in [6.07, 6.45) is 5.73. The quantitative estimate of drug-likeness (QED) is 0.634. The molecular weight excluding hydrogens is 374 g/mol. The standard InChI is InChI=1S/C21H27N3O5/c1-13(18(25)24-21(28)23-16-7-3-2-4-8-16)29-20(27)15-6-5-9-17(12-15)22-19(26)14-10-11-14/h5-6,9,12-14,16H,2-4,7-8,10-11H2,1H3,(H,22,26)(H2,23,24,25,28). The van der Waals surface area contributed by atoms with E-state index in [0.29, 0.717) is 5.69 Å². The number of hydrogen-bond donors (Lipinski definition) is 3. The SMILES string of the molecule is CC(OC(=O)c1cccc(NC(=O)C2CC2)c1)C(=O)NC(=O)NC1CCCCC1. The lowest BCUT2D eigenvalue weighted by atomic mass is 9.96. The molecule has 0 aromatic heterocycles. The van der Waals surface area contributed by atoms with E-state index in [1.807, 2.05) is 0 Å². The monoisotopic (exact) mass is 401 g/mol. The highest BCUT2D eigenvalue weighted by Crippen LogP contribution is 2.30. The highest BCUT2D eigenvalue weighted by atomic mass is 16.5. The molecule has 29 heavy (non-hydrogen) atoms. The van der Waals surface area contributed by atoms with Crippen LogP contribution in [0.2, 0.25) is 0 Å². The number of rotatable bonds is 6. The van der Waals surface area contributed by atoms with Crippen molar-refractivity contribution in [1.82, 2.24) is 10.6 Å². The topological polar surface area (TPSA) is 114 Å². The van der Waals surface area contributed by atoms with Gasteiger partial charge in [-0.2, -0.15) is 0 Å². The van der Waals surface area contributed by atoms with E-state index in [2.05, 4.69) is 16.0 Å². The third kappa shape index (κ3) is 6.30. The van der Waals surface area contributed by atoms with Crippen molar-refractivity contribution in [2.75, 3.05) is 5.32 Å². The highest BCUT2D eigenvalue weighted by Gasteiger charge is 2.29. The van der Waals surface area contributed by atoms with Crippen LogP contribution in [0.25, 0.3) is 0 Å². The first kappa shape index (κ1) is 20.8. The molecule has 2 fully saturated rings. The summed E-state index contributed by atoms with van der Waals surface area (Å²) >= 11 is 0. The first-order valence-electron chi connectivity index (χ1n) is 10.2. The normalized spacial score (nSPS) is 17.7. The number of nitrogens with one attached hydrogen (secondary N) is 3. The number of anilines is 1. The molecule has 8 nitrogen and oxygen atoms in total. The molecule has 1 aromatic carbocycles. The van der Waals surface area contributed by atoms with Gasteiger partial charge in [-0.05, 0) is 50.8 Å². The van der Waals surface area contributed by atoms with Crippen molar-refractivity contribution in [3.8, 4) is 0 Å². The number of carbonyl (C=O) groups is 4. The van der Waals surface area contributed by atoms with Gasteiger partial charge >= 0.3 is 12.0 Å². The molecule has 0 aliphatic heterocycles. The first-order valence-corrected chi connectivity index (χ1v) is 10.2. The average molecular weight is 401 g/mol. The van der Waals surface area contributed by atoms with Gasteiger partial charge in [0.15, 0.2) is 6.10 Å². The molecule has 3 rings (SSSR count). The zero-order valence-electron chi connectivity index (χ0n) is 16.5. The van der Waals surface area contributed by atoms with Crippen molar-refractivity contribution >= 4 is 29.5 Å². The molecule has 3 N–H and O–H groups in total. The molecule has 2 aliphatic rings. The Morgan fingerprint density at radius 1 is 1.03 bits per heavy atom. The molecule has 0 radical (unpaired) electrons. The smallest absolute Gasteiger partial charge is 0.338 e. The maximum atomic E-state index is 12.3. The van der Waals surface area contributed by atoms with E-state index in [-0.39, 0.29) is 23.4 Å². The number of amides is 4. The zero-order valence-corrected chi connectivity index (χ0v) is 16.5. The van der Waals surface area contributed by atoms with Gasteiger partial charge in [0.2, 0.25) is 5.91 Å². The number of benzene rings is 1. The highest BCUT2D eigenvalue weighted by molar-refractivity contribution is 5.99. The van der Waals surface area contributed by atoms with Crippen molar-refractivity contribution < 1.29 is 23.9 Å². The van der Waals surface area contributed by atoms with E-state index in [1.54, 1.807) is 12.1 Å². The van der Waals surface area contributed by atoms with E-state index in [9.17, 15) is 19.2 Å². The molecule has 0 bridgehead atoms. The minimum atomic E-state index is -1.13. The Hall–Kier alpha value is -2.90. The number of urea groups is 1. The Morgan fingerprint density at radius 3 is 2.45 bits per heavy atom. The summed E-state index contributed by atoms with van der Waals surface area (Å²) in [5, 5.41) is 7.76. The van der Waals surface area contributed by atoms with Crippen molar-refractivity contribution in [2.45, 2.75) is 64.0 Å². The van der Waals surface area contributed by atoms with Gasteiger partial charge in [-0.3, -0.25) is 14.9 Å². The van der Waals surface area contributed by atoms with Crippen LogP contribution in [0.1, 0.15) is 62.2 Å². The number of hydrogen-bond acceptors (Lipinski definition) is 5. The molecule has 156 valence electrons. The third-order valence-electron chi connectivity index (χ3n) is 5.14. The Bertz CT molecular complexity index is 784. The van der Waals surface area contributed by atoms with Crippen molar-refractivity contribution in [3.63, 3.8) is 0 Å². The Morgan fingerprint density at radius 2 is 1.76 bits per heavy atom.